The Morgan fingerprint density at radius 2 is 1.81 bits per heavy atom. The number of nitrogens with one attached hydrogen (secondary N) is 1. The Kier molecular flexibility index (Phi) is 3.62. The van der Waals surface area contributed by atoms with Crippen LogP contribution in [0.2, 0.25) is 0 Å². The highest BCUT2D eigenvalue weighted by molar-refractivity contribution is 7.14. The van der Waals surface area contributed by atoms with Crippen LogP contribution in [-0.4, -0.2) is 4.98 Å². The third-order valence-corrected chi connectivity index (χ3v) is 3.58. The summed E-state index contributed by atoms with van der Waals surface area (Å²) in [5, 5.41) is 4.83. The highest BCUT2D eigenvalue weighted by atomic mass is 32.1. The molecule has 1 N–H and O–H groups in total. The van der Waals surface area contributed by atoms with E-state index in [1.807, 2.05) is 0 Å². The van der Waals surface area contributed by atoms with Gasteiger partial charge in [-0.3, -0.25) is 0 Å². The van der Waals surface area contributed by atoms with Crippen molar-refractivity contribution in [1.82, 2.24) is 4.98 Å². The molecule has 0 atom stereocenters. The third kappa shape index (κ3) is 2.90. The van der Waals surface area contributed by atoms with Crippen LogP contribution in [-0.2, 0) is 0 Å². The van der Waals surface area contributed by atoms with Gasteiger partial charge in [-0.1, -0.05) is 18.2 Å². The van der Waals surface area contributed by atoms with Gasteiger partial charge in [0.1, 0.15) is 5.82 Å². The van der Waals surface area contributed by atoms with Crippen LogP contribution in [0.5, 0.6) is 0 Å². The Bertz CT molecular complexity index is 786. The highest BCUT2D eigenvalue weighted by Crippen LogP contribution is 2.28. The molecule has 0 amide bonds. The van der Waals surface area contributed by atoms with E-state index in [2.05, 4.69) is 10.3 Å². The van der Waals surface area contributed by atoms with Crippen LogP contribution in [0.3, 0.4) is 0 Å². The van der Waals surface area contributed by atoms with E-state index in [9.17, 15) is 13.2 Å². The molecule has 21 heavy (non-hydrogen) atoms. The Hall–Kier alpha value is -2.34. The van der Waals surface area contributed by atoms with E-state index >= 15 is 0 Å². The molecule has 0 aliphatic carbocycles. The van der Waals surface area contributed by atoms with Gasteiger partial charge in [0, 0.05) is 10.9 Å². The number of nitrogens with zero attached hydrogens (tertiary/aromatic N) is 1. The molecule has 0 unspecified atom stereocenters. The van der Waals surface area contributed by atoms with Crippen LogP contribution in [0, 0.1) is 17.5 Å². The maximum atomic E-state index is 13.6. The summed E-state index contributed by atoms with van der Waals surface area (Å²) in [5.74, 6) is -2.24. The van der Waals surface area contributed by atoms with Gasteiger partial charge >= 0.3 is 0 Å². The van der Waals surface area contributed by atoms with E-state index in [1.54, 1.807) is 17.5 Å². The van der Waals surface area contributed by atoms with Gasteiger partial charge in [0.15, 0.2) is 16.8 Å². The van der Waals surface area contributed by atoms with Crippen molar-refractivity contribution in [2.45, 2.75) is 0 Å². The Balaban J connectivity index is 1.87. The van der Waals surface area contributed by atoms with Gasteiger partial charge in [-0.25, -0.2) is 18.2 Å². The molecule has 0 fully saturated rings. The van der Waals surface area contributed by atoms with E-state index in [0.29, 0.717) is 16.4 Å². The predicted molar refractivity (Wildman–Crippen MR) is 77.1 cm³/mol. The molecular weight excluding hydrogens is 297 g/mol. The number of hydrogen-bond donors (Lipinski definition) is 1. The lowest BCUT2D eigenvalue weighted by atomic mass is 10.2. The number of hydrogen-bond acceptors (Lipinski definition) is 3. The summed E-state index contributed by atoms with van der Waals surface area (Å²) in [6.07, 6.45) is 0. The zero-order chi connectivity index (χ0) is 14.8. The van der Waals surface area contributed by atoms with Crippen molar-refractivity contribution in [3.8, 4) is 11.3 Å². The number of thiazole rings is 1. The first-order chi connectivity index (χ1) is 10.1. The first kappa shape index (κ1) is 13.6. The van der Waals surface area contributed by atoms with Crippen molar-refractivity contribution in [2.75, 3.05) is 5.32 Å². The van der Waals surface area contributed by atoms with Crippen molar-refractivity contribution < 1.29 is 13.2 Å². The van der Waals surface area contributed by atoms with Crippen LogP contribution in [0.4, 0.5) is 24.0 Å². The summed E-state index contributed by atoms with van der Waals surface area (Å²) >= 11 is 1.23. The fourth-order valence-electron chi connectivity index (χ4n) is 1.83. The molecule has 0 aliphatic heterocycles. The monoisotopic (exact) mass is 306 g/mol. The number of anilines is 2. The van der Waals surface area contributed by atoms with Gasteiger partial charge in [-0.05, 0) is 24.3 Å². The standard InChI is InChI=1S/C15H9F3N2S/c16-10-4-1-3-9(7-10)13-8-21-15(20-13)19-12-6-2-5-11(17)14(12)18/h1-8H,(H,19,20). The molecule has 106 valence electrons. The van der Waals surface area contributed by atoms with Gasteiger partial charge in [0.05, 0.1) is 11.4 Å². The predicted octanol–water partition coefficient (Wildman–Crippen LogP) is 4.97. The van der Waals surface area contributed by atoms with Gasteiger partial charge in [-0.15, -0.1) is 11.3 Å². The highest BCUT2D eigenvalue weighted by Gasteiger charge is 2.10. The van der Waals surface area contributed by atoms with Crippen molar-refractivity contribution in [2.24, 2.45) is 0 Å². The fourth-order valence-corrected chi connectivity index (χ4v) is 2.56. The molecular formula is C15H9F3N2S. The van der Waals surface area contributed by atoms with Crippen molar-refractivity contribution in [3.05, 3.63) is 65.3 Å². The summed E-state index contributed by atoms with van der Waals surface area (Å²) in [4.78, 5) is 4.24. The smallest absolute Gasteiger partial charge is 0.187 e. The molecule has 2 aromatic carbocycles. The van der Waals surface area contributed by atoms with E-state index in [4.69, 9.17) is 0 Å². The molecule has 0 spiro atoms. The Morgan fingerprint density at radius 3 is 2.62 bits per heavy atom. The maximum absolute atomic E-state index is 13.6. The normalized spacial score (nSPS) is 10.6. The van der Waals surface area contributed by atoms with E-state index < -0.39 is 11.6 Å². The molecule has 3 rings (SSSR count). The molecule has 0 bridgehead atoms. The van der Waals surface area contributed by atoms with E-state index in [0.717, 1.165) is 6.07 Å². The first-order valence-corrected chi connectivity index (χ1v) is 6.94. The lowest BCUT2D eigenvalue weighted by Crippen LogP contribution is -1.95. The van der Waals surface area contributed by atoms with Crippen molar-refractivity contribution >= 4 is 22.2 Å². The lowest BCUT2D eigenvalue weighted by molar-refractivity contribution is 0.512. The van der Waals surface area contributed by atoms with Gasteiger partial charge in [0.25, 0.3) is 0 Å². The number of benzene rings is 2. The SMILES string of the molecule is Fc1cccc(-c2csc(Nc3cccc(F)c3F)n2)c1. The summed E-state index contributed by atoms with van der Waals surface area (Å²) in [6, 6.07) is 9.89. The van der Waals surface area contributed by atoms with Crippen LogP contribution in [0.1, 0.15) is 0 Å². The van der Waals surface area contributed by atoms with Gasteiger partial charge in [0.2, 0.25) is 0 Å². The molecule has 6 heteroatoms. The second-order valence-electron chi connectivity index (χ2n) is 4.27. The molecule has 0 saturated heterocycles. The second-order valence-corrected chi connectivity index (χ2v) is 5.13. The molecule has 2 nitrogen and oxygen atoms in total. The Labute approximate surface area is 122 Å². The maximum Gasteiger partial charge on any atom is 0.187 e. The second kappa shape index (κ2) is 5.57. The van der Waals surface area contributed by atoms with Crippen LogP contribution in [0.25, 0.3) is 11.3 Å². The van der Waals surface area contributed by atoms with E-state index in [-0.39, 0.29) is 11.5 Å². The molecule has 1 aromatic heterocycles. The zero-order valence-electron chi connectivity index (χ0n) is 10.6. The molecule has 0 radical (unpaired) electrons. The molecule has 3 aromatic rings. The largest absolute Gasteiger partial charge is 0.329 e. The zero-order valence-corrected chi connectivity index (χ0v) is 11.4. The number of halogens is 3. The number of rotatable bonds is 3. The summed E-state index contributed by atoms with van der Waals surface area (Å²) in [6.45, 7) is 0. The van der Waals surface area contributed by atoms with Crippen LogP contribution < -0.4 is 5.32 Å². The fraction of sp³-hybridized carbons (Fsp3) is 0. The average molecular weight is 306 g/mol. The number of aromatic nitrogens is 1. The minimum Gasteiger partial charge on any atom is -0.329 e. The van der Waals surface area contributed by atoms with Crippen molar-refractivity contribution in [1.29, 1.82) is 0 Å². The summed E-state index contributed by atoms with van der Waals surface area (Å²) in [7, 11) is 0. The van der Waals surface area contributed by atoms with Gasteiger partial charge in [-0.2, -0.15) is 0 Å². The minimum atomic E-state index is -0.958. The summed E-state index contributed by atoms with van der Waals surface area (Å²) < 4.78 is 39.9. The quantitative estimate of drug-likeness (QED) is 0.739. The van der Waals surface area contributed by atoms with Crippen molar-refractivity contribution in [3.63, 3.8) is 0 Å². The summed E-state index contributed by atoms with van der Waals surface area (Å²) in [5.41, 5.74) is 1.20. The van der Waals surface area contributed by atoms with Crippen LogP contribution in [0.15, 0.2) is 47.8 Å². The third-order valence-electron chi connectivity index (χ3n) is 2.82. The Morgan fingerprint density at radius 1 is 1.00 bits per heavy atom. The molecule has 0 aliphatic rings. The lowest BCUT2D eigenvalue weighted by Gasteiger charge is -2.04. The van der Waals surface area contributed by atoms with Crippen LogP contribution >= 0.6 is 11.3 Å². The molecule has 0 saturated carbocycles. The van der Waals surface area contributed by atoms with E-state index in [1.165, 1.54) is 35.6 Å². The van der Waals surface area contributed by atoms with Gasteiger partial charge < -0.3 is 5.32 Å². The molecule has 1 heterocycles. The minimum absolute atomic E-state index is 0.00939. The topological polar surface area (TPSA) is 24.9 Å². The average Bonchev–Trinajstić information content (AvgIpc) is 2.93. The first-order valence-electron chi connectivity index (χ1n) is 6.06.